The highest BCUT2D eigenvalue weighted by molar-refractivity contribution is 5.95. The van der Waals surface area contributed by atoms with Crippen LogP contribution in [0.4, 0.5) is 10.1 Å². The number of aryl methyl sites for hydroxylation is 1. The van der Waals surface area contributed by atoms with Crippen LogP contribution in [0.25, 0.3) is 0 Å². The smallest absolute Gasteiger partial charge is 0.251 e. The number of hydrogen-bond acceptors (Lipinski definition) is 2. The van der Waals surface area contributed by atoms with Crippen LogP contribution in [-0.2, 0) is 6.42 Å². The maximum absolute atomic E-state index is 13.0. The second kappa shape index (κ2) is 6.19. The summed E-state index contributed by atoms with van der Waals surface area (Å²) in [4.78, 5) is 12.0. The van der Waals surface area contributed by atoms with Crippen LogP contribution >= 0.6 is 0 Å². The summed E-state index contributed by atoms with van der Waals surface area (Å²) in [5.74, 6) is -0.515. The van der Waals surface area contributed by atoms with Crippen molar-refractivity contribution in [2.24, 2.45) is 0 Å². The average Bonchev–Trinajstić information content (AvgIpc) is 2.41. The van der Waals surface area contributed by atoms with Crippen molar-refractivity contribution in [1.82, 2.24) is 5.32 Å². The molecular weight excluding hydrogens is 255 g/mol. The van der Waals surface area contributed by atoms with Gasteiger partial charge < -0.3 is 11.1 Å². The summed E-state index contributed by atoms with van der Waals surface area (Å²) in [6.45, 7) is 2.25. The van der Waals surface area contributed by atoms with Crippen LogP contribution < -0.4 is 11.1 Å². The second-order valence-electron chi connectivity index (χ2n) is 4.71. The zero-order valence-electron chi connectivity index (χ0n) is 11.3. The lowest BCUT2D eigenvalue weighted by atomic mass is 10.1. The normalized spacial score (nSPS) is 10.3. The zero-order valence-corrected chi connectivity index (χ0v) is 11.3. The molecule has 2 aromatic rings. The highest BCUT2D eigenvalue weighted by Gasteiger charge is 2.08. The molecule has 0 unspecified atom stereocenters. The summed E-state index contributed by atoms with van der Waals surface area (Å²) in [5, 5.41) is 2.83. The number of halogens is 1. The largest absolute Gasteiger partial charge is 0.399 e. The summed E-state index contributed by atoms with van der Waals surface area (Å²) in [5.41, 5.74) is 8.57. The highest BCUT2D eigenvalue weighted by Crippen LogP contribution is 2.10. The number of nitrogen functional groups attached to an aromatic ring is 1. The Bertz CT molecular complexity index is 608. The Morgan fingerprint density at radius 2 is 1.90 bits per heavy atom. The minimum Gasteiger partial charge on any atom is -0.399 e. The van der Waals surface area contributed by atoms with E-state index in [0.717, 1.165) is 17.7 Å². The van der Waals surface area contributed by atoms with Crippen LogP contribution in [0.1, 0.15) is 21.5 Å². The van der Waals surface area contributed by atoms with Gasteiger partial charge in [0.25, 0.3) is 5.91 Å². The lowest BCUT2D eigenvalue weighted by Gasteiger charge is -2.08. The van der Waals surface area contributed by atoms with Crippen molar-refractivity contribution in [3.63, 3.8) is 0 Å². The number of benzene rings is 2. The van der Waals surface area contributed by atoms with Crippen LogP contribution in [0.5, 0.6) is 0 Å². The van der Waals surface area contributed by atoms with Crippen molar-refractivity contribution < 1.29 is 9.18 Å². The monoisotopic (exact) mass is 272 g/mol. The van der Waals surface area contributed by atoms with Crippen LogP contribution in [-0.4, -0.2) is 12.5 Å². The fourth-order valence-corrected chi connectivity index (χ4v) is 1.98. The molecule has 0 radical (unpaired) electrons. The van der Waals surface area contributed by atoms with Gasteiger partial charge in [0.15, 0.2) is 0 Å². The molecule has 0 bridgehead atoms. The maximum Gasteiger partial charge on any atom is 0.251 e. The predicted octanol–water partition coefficient (Wildman–Crippen LogP) is 2.69. The maximum atomic E-state index is 13.0. The first-order chi connectivity index (χ1) is 9.56. The van der Waals surface area contributed by atoms with Crippen LogP contribution in [0.15, 0.2) is 42.5 Å². The third kappa shape index (κ3) is 3.57. The van der Waals surface area contributed by atoms with Crippen molar-refractivity contribution in [2.45, 2.75) is 13.3 Å². The number of nitrogens with two attached hydrogens (primary N) is 1. The molecule has 0 aliphatic rings. The Labute approximate surface area is 117 Å². The van der Waals surface area contributed by atoms with Gasteiger partial charge in [0.05, 0.1) is 0 Å². The van der Waals surface area contributed by atoms with Gasteiger partial charge in [0, 0.05) is 17.8 Å². The minimum atomic E-state index is -0.332. The number of nitrogens with one attached hydrogen (secondary N) is 1. The number of hydrogen-bond donors (Lipinski definition) is 2. The molecule has 0 aromatic heterocycles. The van der Waals surface area contributed by atoms with Gasteiger partial charge in [-0.3, -0.25) is 4.79 Å². The molecule has 0 saturated heterocycles. The van der Waals surface area contributed by atoms with Gasteiger partial charge >= 0.3 is 0 Å². The van der Waals surface area contributed by atoms with E-state index in [4.69, 9.17) is 5.73 Å². The molecule has 104 valence electrons. The molecule has 0 spiro atoms. The van der Waals surface area contributed by atoms with E-state index in [-0.39, 0.29) is 11.7 Å². The molecule has 0 atom stereocenters. The molecule has 2 rings (SSSR count). The fourth-order valence-electron chi connectivity index (χ4n) is 1.98. The lowest BCUT2D eigenvalue weighted by Crippen LogP contribution is -2.26. The SMILES string of the molecule is Cc1cc(F)ccc1C(=O)NCCc1ccc(N)cc1. The number of carbonyl (C=O) groups is 1. The van der Waals surface area contributed by atoms with E-state index in [9.17, 15) is 9.18 Å². The van der Waals surface area contributed by atoms with E-state index in [1.807, 2.05) is 24.3 Å². The van der Waals surface area contributed by atoms with E-state index < -0.39 is 0 Å². The van der Waals surface area contributed by atoms with Gasteiger partial charge in [-0.1, -0.05) is 12.1 Å². The van der Waals surface area contributed by atoms with Gasteiger partial charge in [0.2, 0.25) is 0 Å². The van der Waals surface area contributed by atoms with E-state index in [2.05, 4.69) is 5.32 Å². The standard InChI is InChI=1S/C16H17FN2O/c1-11-10-13(17)4-7-15(11)16(20)19-9-8-12-2-5-14(18)6-3-12/h2-7,10H,8-9,18H2,1H3,(H,19,20). The van der Waals surface area contributed by atoms with E-state index in [0.29, 0.717) is 17.7 Å². The molecule has 0 aliphatic carbocycles. The Balaban J connectivity index is 1.90. The molecule has 2 aromatic carbocycles. The molecule has 0 aliphatic heterocycles. The first-order valence-corrected chi connectivity index (χ1v) is 6.45. The van der Waals surface area contributed by atoms with Gasteiger partial charge in [-0.15, -0.1) is 0 Å². The van der Waals surface area contributed by atoms with Crippen molar-refractivity contribution in [3.8, 4) is 0 Å². The van der Waals surface area contributed by atoms with Gasteiger partial charge in [-0.05, 0) is 54.8 Å². The number of amides is 1. The summed E-state index contributed by atoms with van der Waals surface area (Å²) in [6.07, 6.45) is 0.728. The topological polar surface area (TPSA) is 55.1 Å². The number of carbonyl (C=O) groups excluding carboxylic acids is 1. The lowest BCUT2D eigenvalue weighted by molar-refractivity contribution is 0.0953. The summed E-state index contributed by atoms with van der Waals surface area (Å²) >= 11 is 0. The Morgan fingerprint density at radius 1 is 1.20 bits per heavy atom. The van der Waals surface area contributed by atoms with Crippen molar-refractivity contribution in [1.29, 1.82) is 0 Å². The molecule has 4 heteroatoms. The van der Waals surface area contributed by atoms with E-state index in [1.165, 1.54) is 18.2 Å². The molecule has 0 fully saturated rings. The van der Waals surface area contributed by atoms with E-state index in [1.54, 1.807) is 6.92 Å². The summed E-state index contributed by atoms with van der Waals surface area (Å²) in [6, 6.07) is 11.7. The molecule has 20 heavy (non-hydrogen) atoms. The van der Waals surface area contributed by atoms with Crippen LogP contribution in [0.3, 0.4) is 0 Å². The minimum absolute atomic E-state index is 0.182. The Morgan fingerprint density at radius 3 is 2.55 bits per heavy atom. The quantitative estimate of drug-likeness (QED) is 0.841. The van der Waals surface area contributed by atoms with E-state index >= 15 is 0 Å². The Kier molecular flexibility index (Phi) is 4.35. The first kappa shape index (κ1) is 14.1. The zero-order chi connectivity index (χ0) is 14.5. The third-order valence-electron chi connectivity index (χ3n) is 3.11. The predicted molar refractivity (Wildman–Crippen MR) is 78.0 cm³/mol. The summed E-state index contributed by atoms with van der Waals surface area (Å²) in [7, 11) is 0. The van der Waals surface area contributed by atoms with Crippen LogP contribution in [0.2, 0.25) is 0 Å². The number of anilines is 1. The molecule has 0 saturated carbocycles. The van der Waals surface area contributed by atoms with Gasteiger partial charge in [0.1, 0.15) is 5.82 Å². The van der Waals surface area contributed by atoms with Crippen molar-refractivity contribution in [3.05, 3.63) is 65.0 Å². The fraction of sp³-hybridized carbons (Fsp3) is 0.188. The second-order valence-corrected chi connectivity index (χ2v) is 4.71. The van der Waals surface area contributed by atoms with Gasteiger partial charge in [-0.2, -0.15) is 0 Å². The molecule has 3 N–H and O–H groups in total. The highest BCUT2D eigenvalue weighted by atomic mass is 19.1. The van der Waals surface area contributed by atoms with Crippen LogP contribution in [0, 0.1) is 12.7 Å². The molecule has 3 nitrogen and oxygen atoms in total. The number of rotatable bonds is 4. The van der Waals surface area contributed by atoms with Crippen molar-refractivity contribution in [2.75, 3.05) is 12.3 Å². The van der Waals surface area contributed by atoms with Crippen molar-refractivity contribution >= 4 is 11.6 Å². The molecular formula is C16H17FN2O. The summed E-state index contributed by atoms with van der Waals surface area (Å²) < 4.78 is 13.0. The average molecular weight is 272 g/mol. The van der Waals surface area contributed by atoms with Gasteiger partial charge in [-0.25, -0.2) is 4.39 Å². The third-order valence-corrected chi connectivity index (χ3v) is 3.11. The Hall–Kier alpha value is -2.36. The molecule has 0 heterocycles. The molecule has 1 amide bonds. The first-order valence-electron chi connectivity index (χ1n) is 6.45.